The number of Topliss-reactive ketones (excluding diaryl/α,β-unsaturated/α-hetero) is 1. The molecule has 3 N–H and O–H groups in total. The summed E-state index contributed by atoms with van der Waals surface area (Å²) < 4.78 is 18.1. The Balaban J connectivity index is 1.66. The molecule has 9 nitrogen and oxygen atoms in total. The zero-order valence-electron chi connectivity index (χ0n) is 22.9. The van der Waals surface area contributed by atoms with Crippen LogP contribution in [0.1, 0.15) is 63.7 Å². The Morgan fingerprint density at radius 2 is 1.85 bits per heavy atom. The number of ketones is 1. The van der Waals surface area contributed by atoms with Crippen molar-refractivity contribution in [3.63, 3.8) is 0 Å². The summed E-state index contributed by atoms with van der Waals surface area (Å²) in [5.74, 6) is -2.30. The van der Waals surface area contributed by atoms with Gasteiger partial charge >= 0.3 is 11.9 Å². The van der Waals surface area contributed by atoms with Gasteiger partial charge in [-0.3, -0.25) is 9.59 Å². The number of carbonyl (C=O) groups is 3. The summed E-state index contributed by atoms with van der Waals surface area (Å²) in [6, 6.07) is 8.57. The van der Waals surface area contributed by atoms with E-state index < -0.39 is 64.5 Å². The Morgan fingerprint density at radius 3 is 2.44 bits per heavy atom. The van der Waals surface area contributed by atoms with E-state index in [1.807, 2.05) is 13.8 Å². The molecule has 1 heterocycles. The molecule has 1 aliphatic heterocycles. The van der Waals surface area contributed by atoms with Crippen LogP contribution < -0.4 is 0 Å². The van der Waals surface area contributed by atoms with Crippen molar-refractivity contribution in [1.82, 2.24) is 0 Å². The summed E-state index contributed by atoms with van der Waals surface area (Å²) in [6.07, 6.45) is -2.61. The van der Waals surface area contributed by atoms with Crippen LogP contribution in [0, 0.1) is 22.7 Å². The molecule has 3 aliphatic carbocycles. The molecule has 9 heteroatoms. The van der Waals surface area contributed by atoms with Crippen molar-refractivity contribution in [2.75, 3.05) is 13.2 Å². The van der Waals surface area contributed by atoms with Crippen LogP contribution in [-0.2, 0) is 23.8 Å². The van der Waals surface area contributed by atoms with Crippen molar-refractivity contribution < 1.29 is 43.9 Å². The first-order chi connectivity index (χ1) is 18.4. The quantitative estimate of drug-likeness (QED) is 0.365. The van der Waals surface area contributed by atoms with Crippen LogP contribution in [0.15, 0.2) is 41.5 Å². The summed E-state index contributed by atoms with van der Waals surface area (Å²) in [6.45, 7) is 6.49. The Bertz CT molecular complexity index is 1190. The molecule has 5 rings (SSSR count). The molecule has 0 unspecified atom stereocenters. The van der Waals surface area contributed by atoms with Gasteiger partial charge in [0.1, 0.15) is 18.3 Å². The van der Waals surface area contributed by atoms with Crippen molar-refractivity contribution in [2.24, 2.45) is 22.7 Å². The normalized spacial score (nSPS) is 38.4. The van der Waals surface area contributed by atoms with Gasteiger partial charge in [0.25, 0.3) is 0 Å². The molecule has 4 fully saturated rings. The van der Waals surface area contributed by atoms with Gasteiger partial charge in [-0.05, 0) is 60.8 Å². The van der Waals surface area contributed by atoms with Crippen molar-refractivity contribution in [2.45, 2.75) is 83.4 Å². The topological polar surface area (TPSA) is 140 Å². The molecule has 1 spiro atoms. The van der Waals surface area contributed by atoms with E-state index in [0.29, 0.717) is 29.6 Å². The molecule has 3 saturated carbocycles. The lowest BCUT2D eigenvalue weighted by Gasteiger charge is -2.59. The third-order valence-electron chi connectivity index (χ3n) is 9.51. The number of hydrogen-bond acceptors (Lipinski definition) is 9. The number of hydrogen-bond donors (Lipinski definition) is 3. The van der Waals surface area contributed by atoms with Gasteiger partial charge in [0, 0.05) is 25.4 Å². The van der Waals surface area contributed by atoms with Gasteiger partial charge in [-0.2, -0.15) is 0 Å². The average molecular weight is 543 g/mol. The Labute approximate surface area is 228 Å². The molecule has 0 amide bonds. The third-order valence-corrected chi connectivity index (χ3v) is 9.51. The predicted octanol–water partition coefficient (Wildman–Crippen LogP) is 2.36. The van der Waals surface area contributed by atoms with Crippen molar-refractivity contribution in [1.29, 1.82) is 0 Å². The fourth-order valence-electron chi connectivity index (χ4n) is 7.81. The summed E-state index contributed by atoms with van der Waals surface area (Å²) >= 11 is 0. The van der Waals surface area contributed by atoms with E-state index in [4.69, 9.17) is 14.2 Å². The SMILES string of the molecule is CC(=O)O[C@@]12CO[C@@H]1C[C@@H]1C[C@@]13C(=O)[C@H](O)/C(=C(\C)[C@@H](O)CCO)C(C)(C)C[C@@H](OC(=O)c1ccccc1)[C@H]23. The van der Waals surface area contributed by atoms with E-state index in [1.54, 1.807) is 37.3 Å². The second-order valence-corrected chi connectivity index (χ2v) is 12.3. The van der Waals surface area contributed by atoms with Gasteiger partial charge in [0.2, 0.25) is 0 Å². The molecule has 4 aliphatic rings. The van der Waals surface area contributed by atoms with Crippen LogP contribution in [0.25, 0.3) is 0 Å². The highest BCUT2D eigenvalue weighted by atomic mass is 16.6. The second-order valence-electron chi connectivity index (χ2n) is 12.3. The third kappa shape index (κ3) is 4.34. The highest BCUT2D eigenvalue weighted by molar-refractivity contribution is 5.96. The number of ether oxygens (including phenoxy) is 3. The van der Waals surface area contributed by atoms with Crippen molar-refractivity contribution in [3.05, 3.63) is 47.0 Å². The van der Waals surface area contributed by atoms with Crippen LogP contribution in [-0.4, -0.2) is 76.3 Å². The molecular weight excluding hydrogens is 504 g/mol. The molecule has 39 heavy (non-hydrogen) atoms. The highest BCUT2D eigenvalue weighted by Crippen LogP contribution is 2.73. The number of carbonyl (C=O) groups excluding carboxylic acids is 3. The number of benzene rings is 1. The second kappa shape index (κ2) is 9.80. The van der Waals surface area contributed by atoms with E-state index in [9.17, 15) is 29.7 Å². The fourth-order valence-corrected chi connectivity index (χ4v) is 7.81. The molecule has 1 saturated heterocycles. The average Bonchev–Trinajstić information content (AvgIpc) is 3.59. The number of esters is 2. The van der Waals surface area contributed by atoms with Gasteiger partial charge < -0.3 is 29.5 Å². The van der Waals surface area contributed by atoms with Crippen LogP contribution >= 0.6 is 0 Å². The van der Waals surface area contributed by atoms with Crippen molar-refractivity contribution in [3.8, 4) is 0 Å². The zero-order valence-corrected chi connectivity index (χ0v) is 22.9. The minimum atomic E-state index is -1.50. The lowest BCUT2D eigenvalue weighted by atomic mass is 9.55. The van der Waals surface area contributed by atoms with E-state index in [-0.39, 0.29) is 32.0 Å². The van der Waals surface area contributed by atoms with Gasteiger partial charge in [-0.1, -0.05) is 32.0 Å². The first-order valence-corrected chi connectivity index (χ1v) is 13.7. The Kier molecular flexibility index (Phi) is 7.02. The first-order valence-electron chi connectivity index (χ1n) is 13.7. The first kappa shape index (κ1) is 28.0. The Morgan fingerprint density at radius 1 is 1.15 bits per heavy atom. The van der Waals surface area contributed by atoms with Gasteiger partial charge in [-0.15, -0.1) is 0 Å². The Hall–Kier alpha value is -2.59. The van der Waals surface area contributed by atoms with Crippen molar-refractivity contribution >= 4 is 17.7 Å². The smallest absolute Gasteiger partial charge is 0.338 e. The van der Waals surface area contributed by atoms with E-state index in [1.165, 1.54) is 6.92 Å². The number of aliphatic hydroxyl groups excluding tert-OH is 3. The molecular formula is C30H38O9. The van der Waals surface area contributed by atoms with Gasteiger partial charge in [-0.25, -0.2) is 4.79 Å². The van der Waals surface area contributed by atoms with E-state index in [0.717, 1.165) is 0 Å². The largest absolute Gasteiger partial charge is 0.458 e. The molecule has 212 valence electrons. The number of aliphatic hydroxyl groups is 3. The van der Waals surface area contributed by atoms with E-state index >= 15 is 0 Å². The minimum absolute atomic E-state index is 0.0592. The molecule has 0 aromatic heterocycles. The lowest BCUT2D eigenvalue weighted by Crippen LogP contribution is -2.73. The van der Waals surface area contributed by atoms with Crippen LogP contribution in [0.5, 0.6) is 0 Å². The minimum Gasteiger partial charge on any atom is -0.458 e. The highest BCUT2D eigenvalue weighted by Gasteiger charge is 2.80. The van der Waals surface area contributed by atoms with Gasteiger partial charge in [0.05, 0.1) is 24.2 Å². The standard InChI is InChI=1S/C30H38O9/c1-16(20(33)10-11-31)23-24(34)26(35)29-13-19(29)12-22-30(15-37-22,39-17(2)32)25(29)21(14-28(23,3)4)38-27(36)18-8-6-5-7-9-18/h5-9,19-22,24-25,31,33-34H,10-15H2,1-4H3/b23-16-/t19-,20+,21-,22-,24-,25+,29-,30+/m1/s1. The van der Waals surface area contributed by atoms with Crippen LogP contribution in [0.2, 0.25) is 0 Å². The fraction of sp³-hybridized carbons (Fsp3) is 0.633. The van der Waals surface area contributed by atoms with Crippen LogP contribution in [0.3, 0.4) is 0 Å². The lowest BCUT2D eigenvalue weighted by molar-refractivity contribution is -0.307. The number of fused-ring (bicyclic) bond motifs is 2. The molecule has 1 aromatic carbocycles. The molecule has 8 atom stereocenters. The maximum atomic E-state index is 14.3. The summed E-state index contributed by atoms with van der Waals surface area (Å²) in [4.78, 5) is 40.1. The zero-order chi connectivity index (χ0) is 28.3. The van der Waals surface area contributed by atoms with Crippen LogP contribution in [0.4, 0.5) is 0 Å². The van der Waals surface area contributed by atoms with Gasteiger partial charge in [0.15, 0.2) is 11.4 Å². The summed E-state index contributed by atoms with van der Waals surface area (Å²) in [7, 11) is 0. The maximum absolute atomic E-state index is 14.3. The molecule has 0 bridgehead atoms. The van der Waals surface area contributed by atoms with E-state index in [2.05, 4.69) is 0 Å². The monoisotopic (exact) mass is 542 g/mol. The number of rotatable bonds is 6. The summed E-state index contributed by atoms with van der Waals surface area (Å²) in [5, 5.41) is 31.8. The molecule has 0 radical (unpaired) electrons. The summed E-state index contributed by atoms with van der Waals surface area (Å²) in [5.41, 5.74) is -1.97. The molecule has 1 aromatic rings. The predicted molar refractivity (Wildman–Crippen MR) is 138 cm³/mol. The maximum Gasteiger partial charge on any atom is 0.338 e.